The molecule has 3 aromatic rings. The van der Waals surface area contributed by atoms with Crippen LogP contribution in [0.15, 0.2) is 36.7 Å². The minimum absolute atomic E-state index is 0.249. The molecule has 5 heteroatoms. The Balaban J connectivity index is 1.81. The summed E-state index contributed by atoms with van der Waals surface area (Å²) in [5.41, 5.74) is 3.44. The summed E-state index contributed by atoms with van der Waals surface area (Å²) in [7, 11) is 0. The van der Waals surface area contributed by atoms with E-state index in [9.17, 15) is 0 Å². The molecule has 1 unspecified atom stereocenters. The van der Waals surface area contributed by atoms with Crippen LogP contribution in [-0.2, 0) is 13.1 Å². The Labute approximate surface area is 124 Å². The molecule has 0 saturated carbocycles. The highest BCUT2D eigenvalue weighted by Crippen LogP contribution is 2.17. The van der Waals surface area contributed by atoms with Crippen molar-refractivity contribution in [2.75, 3.05) is 0 Å². The van der Waals surface area contributed by atoms with Gasteiger partial charge in [-0.15, -0.1) is 0 Å². The number of aryl methyl sites for hydroxylation is 1. The van der Waals surface area contributed by atoms with Crippen molar-refractivity contribution in [3.05, 3.63) is 48.0 Å². The molecule has 2 N–H and O–H groups in total. The SMILES string of the molecule is CCCn1c(CNC(C)c2cn[nH]c2)nc2ccccc21. The normalized spacial score (nSPS) is 12.9. The molecule has 5 nitrogen and oxygen atoms in total. The Morgan fingerprint density at radius 2 is 2.19 bits per heavy atom. The lowest BCUT2D eigenvalue weighted by molar-refractivity contribution is 0.536. The average molecular weight is 283 g/mol. The van der Waals surface area contributed by atoms with Crippen molar-refractivity contribution in [2.45, 2.75) is 39.4 Å². The Morgan fingerprint density at radius 3 is 2.95 bits per heavy atom. The number of hydrogen-bond donors (Lipinski definition) is 2. The summed E-state index contributed by atoms with van der Waals surface area (Å²) in [6.45, 7) is 6.08. The lowest BCUT2D eigenvalue weighted by Gasteiger charge is -2.13. The van der Waals surface area contributed by atoms with Crippen LogP contribution in [0, 0.1) is 0 Å². The zero-order valence-corrected chi connectivity index (χ0v) is 12.5. The molecule has 0 aliphatic carbocycles. The van der Waals surface area contributed by atoms with Crippen LogP contribution in [0.2, 0.25) is 0 Å². The fraction of sp³-hybridized carbons (Fsp3) is 0.375. The maximum absolute atomic E-state index is 4.76. The molecule has 21 heavy (non-hydrogen) atoms. The number of aromatic nitrogens is 4. The van der Waals surface area contributed by atoms with E-state index in [4.69, 9.17) is 4.98 Å². The first kappa shape index (κ1) is 13.8. The number of para-hydroxylation sites is 2. The van der Waals surface area contributed by atoms with Crippen molar-refractivity contribution < 1.29 is 0 Å². The van der Waals surface area contributed by atoms with Crippen LogP contribution in [0.5, 0.6) is 0 Å². The summed E-state index contributed by atoms with van der Waals surface area (Å²) < 4.78 is 2.31. The Hall–Kier alpha value is -2.14. The third-order valence-electron chi connectivity index (χ3n) is 3.77. The molecule has 2 aromatic heterocycles. The fourth-order valence-electron chi connectivity index (χ4n) is 2.59. The predicted octanol–water partition coefficient (Wildman–Crippen LogP) is 3.02. The highest BCUT2D eigenvalue weighted by atomic mass is 15.1. The number of nitrogens with zero attached hydrogens (tertiary/aromatic N) is 3. The molecule has 1 aromatic carbocycles. The first-order chi connectivity index (χ1) is 10.3. The van der Waals surface area contributed by atoms with Gasteiger partial charge in [-0.3, -0.25) is 5.10 Å². The third kappa shape index (κ3) is 2.83. The summed E-state index contributed by atoms with van der Waals surface area (Å²) in [5, 5.41) is 10.4. The fourth-order valence-corrected chi connectivity index (χ4v) is 2.59. The monoisotopic (exact) mass is 283 g/mol. The van der Waals surface area contributed by atoms with Gasteiger partial charge < -0.3 is 9.88 Å². The molecule has 0 spiro atoms. The highest BCUT2D eigenvalue weighted by Gasteiger charge is 2.11. The van der Waals surface area contributed by atoms with Crippen molar-refractivity contribution in [1.82, 2.24) is 25.1 Å². The Kier molecular flexibility index (Phi) is 4.01. The first-order valence-electron chi connectivity index (χ1n) is 7.45. The molecule has 0 bridgehead atoms. The minimum atomic E-state index is 0.249. The number of rotatable bonds is 6. The molecule has 0 saturated heterocycles. The van der Waals surface area contributed by atoms with Crippen molar-refractivity contribution in [3.63, 3.8) is 0 Å². The maximum Gasteiger partial charge on any atom is 0.123 e. The molecular formula is C16H21N5. The molecule has 3 rings (SSSR count). The van der Waals surface area contributed by atoms with Crippen molar-refractivity contribution >= 4 is 11.0 Å². The van der Waals surface area contributed by atoms with E-state index >= 15 is 0 Å². The van der Waals surface area contributed by atoms with Crippen LogP contribution < -0.4 is 5.32 Å². The van der Waals surface area contributed by atoms with E-state index in [2.05, 4.69) is 52.1 Å². The van der Waals surface area contributed by atoms with Gasteiger partial charge in [-0.1, -0.05) is 19.1 Å². The van der Waals surface area contributed by atoms with Gasteiger partial charge in [-0.2, -0.15) is 5.10 Å². The molecule has 1 atom stereocenters. The van der Waals surface area contributed by atoms with Crippen LogP contribution in [-0.4, -0.2) is 19.7 Å². The number of fused-ring (bicyclic) bond motifs is 1. The first-order valence-corrected chi connectivity index (χ1v) is 7.45. The molecule has 110 valence electrons. The third-order valence-corrected chi connectivity index (χ3v) is 3.77. The second kappa shape index (κ2) is 6.10. The molecule has 0 fully saturated rings. The number of nitrogens with one attached hydrogen (secondary N) is 2. The van der Waals surface area contributed by atoms with Gasteiger partial charge in [0.05, 0.1) is 23.8 Å². The van der Waals surface area contributed by atoms with Crippen LogP contribution in [0.1, 0.15) is 37.7 Å². The zero-order chi connectivity index (χ0) is 14.7. The second-order valence-corrected chi connectivity index (χ2v) is 5.30. The van der Waals surface area contributed by atoms with Gasteiger partial charge in [-0.05, 0) is 25.5 Å². The van der Waals surface area contributed by atoms with Crippen molar-refractivity contribution in [2.24, 2.45) is 0 Å². The van der Waals surface area contributed by atoms with Crippen molar-refractivity contribution in [1.29, 1.82) is 0 Å². The smallest absolute Gasteiger partial charge is 0.123 e. The van der Waals surface area contributed by atoms with E-state index < -0.39 is 0 Å². The Bertz CT molecular complexity index is 699. The summed E-state index contributed by atoms with van der Waals surface area (Å²) in [6, 6.07) is 8.57. The summed E-state index contributed by atoms with van der Waals surface area (Å²) >= 11 is 0. The lowest BCUT2D eigenvalue weighted by atomic mass is 10.2. The Morgan fingerprint density at radius 1 is 1.33 bits per heavy atom. The standard InChI is InChI=1S/C16H21N5/c1-3-8-21-15-7-5-4-6-14(15)20-16(21)11-17-12(2)13-9-18-19-10-13/h4-7,9-10,12,17H,3,8,11H2,1-2H3,(H,18,19). The number of H-pyrrole nitrogens is 1. The number of benzene rings is 1. The molecule has 0 amide bonds. The number of aromatic amines is 1. The number of imidazole rings is 1. The second-order valence-electron chi connectivity index (χ2n) is 5.30. The van der Waals surface area contributed by atoms with Gasteiger partial charge in [0, 0.05) is 24.3 Å². The molecule has 2 heterocycles. The predicted molar refractivity (Wildman–Crippen MR) is 83.9 cm³/mol. The van der Waals surface area contributed by atoms with E-state index in [1.54, 1.807) is 0 Å². The zero-order valence-electron chi connectivity index (χ0n) is 12.5. The van der Waals surface area contributed by atoms with Crippen LogP contribution >= 0.6 is 0 Å². The molecule has 0 radical (unpaired) electrons. The quantitative estimate of drug-likeness (QED) is 0.731. The van der Waals surface area contributed by atoms with E-state index in [0.29, 0.717) is 0 Å². The van der Waals surface area contributed by atoms with Crippen LogP contribution in [0.3, 0.4) is 0 Å². The van der Waals surface area contributed by atoms with Gasteiger partial charge in [0.25, 0.3) is 0 Å². The molecular weight excluding hydrogens is 262 g/mol. The largest absolute Gasteiger partial charge is 0.327 e. The minimum Gasteiger partial charge on any atom is -0.327 e. The van der Waals surface area contributed by atoms with E-state index in [0.717, 1.165) is 36.4 Å². The van der Waals surface area contributed by atoms with E-state index in [1.807, 2.05) is 18.5 Å². The van der Waals surface area contributed by atoms with Crippen LogP contribution in [0.25, 0.3) is 11.0 Å². The molecule has 0 aliphatic heterocycles. The van der Waals surface area contributed by atoms with Gasteiger partial charge >= 0.3 is 0 Å². The average Bonchev–Trinajstić information content (AvgIpc) is 3.14. The summed E-state index contributed by atoms with van der Waals surface area (Å²) in [4.78, 5) is 4.76. The van der Waals surface area contributed by atoms with E-state index in [-0.39, 0.29) is 6.04 Å². The van der Waals surface area contributed by atoms with Gasteiger partial charge in [0.1, 0.15) is 5.82 Å². The summed E-state index contributed by atoms with van der Waals surface area (Å²) in [5.74, 6) is 1.09. The van der Waals surface area contributed by atoms with Crippen molar-refractivity contribution in [3.8, 4) is 0 Å². The van der Waals surface area contributed by atoms with Gasteiger partial charge in [0.15, 0.2) is 0 Å². The number of hydrogen-bond acceptors (Lipinski definition) is 3. The maximum atomic E-state index is 4.76. The summed E-state index contributed by atoms with van der Waals surface area (Å²) in [6.07, 6.45) is 4.88. The van der Waals surface area contributed by atoms with Gasteiger partial charge in [0.2, 0.25) is 0 Å². The topological polar surface area (TPSA) is 58.5 Å². The van der Waals surface area contributed by atoms with Crippen LogP contribution in [0.4, 0.5) is 0 Å². The van der Waals surface area contributed by atoms with Gasteiger partial charge in [-0.25, -0.2) is 4.98 Å². The van der Waals surface area contributed by atoms with E-state index in [1.165, 1.54) is 5.52 Å². The lowest BCUT2D eigenvalue weighted by Crippen LogP contribution is -2.20. The highest BCUT2D eigenvalue weighted by molar-refractivity contribution is 5.75. The molecule has 0 aliphatic rings.